The Morgan fingerprint density at radius 1 is 1.32 bits per heavy atom. The number of hydrogen-bond acceptors (Lipinski definition) is 5. The number of rotatable bonds is 3. The van der Waals surface area contributed by atoms with Crippen molar-refractivity contribution in [3.8, 4) is 17.3 Å². The molecule has 0 radical (unpaired) electrons. The fraction of sp³-hybridized carbons (Fsp3) is 0.375. The molecule has 2 aromatic heterocycles. The van der Waals surface area contributed by atoms with Gasteiger partial charge in [0.15, 0.2) is 5.82 Å². The second-order valence-corrected chi connectivity index (χ2v) is 5.53. The van der Waals surface area contributed by atoms with E-state index in [9.17, 15) is 0 Å². The molecular weight excluding hydrogens is 282 g/mol. The highest BCUT2D eigenvalue weighted by Crippen LogP contribution is 2.30. The predicted molar refractivity (Wildman–Crippen MR) is 80.9 cm³/mol. The molecule has 1 aromatic carbocycles. The molecule has 0 bridgehead atoms. The summed E-state index contributed by atoms with van der Waals surface area (Å²) in [6, 6.07) is 8.02. The summed E-state index contributed by atoms with van der Waals surface area (Å²) in [6.45, 7) is 1.44. The van der Waals surface area contributed by atoms with Crippen LogP contribution in [0.3, 0.4) is 0 Å². The standard InChI is InChI=1S/C16H17N3O3/c1-19-13-4-3-12(20-2)7-11(13)8-14(19)16-17-15(18-22-16)10-5-6-21-9-10/h3-4,7-8,10H,5-6,9H2,1-2H3. The van der Waals surface area contributed by atoms with Crippen LogP contribution in [0.1, 0.15) is 18.2 Å². The minimum atomic E-state index is 0.243. The van der Waals surface area contributed by atoms with Crippen LogP contribution in [0.5, 0.6) is 5.75 Å². The highest BCUT2D eigenvalue weighted by atomic mass is 16.5. The first-order valence-corrected chi connectivity index (χ1v) is 7.31. The number of methoxy groups -OCH3 is 1. The Kier molecular flexibility index (Phi) is 3.11. The van der Waals surface area contributed by atoms with Crippen molar-refractivity contribution in [1.82, 2.24) is 14.7 Å². The molecule has 3 heterocycles. The Hall–Kier alpha value is -2.34. The van der Waals surface area contributed by atoms with Crippen LogP contribution in [0.4, 0.5) is 0 Å². The first-order chi connectivity index (χ1) is 10.8. The van der Waals surface area contributed by atoms with Crippen LogP contribution in [0.2, 0.25) is 0 Å². The van der Waals surface area contributed by atoms with Crippen LogP contribution in [-0.2, 0) is 11.8 Å². The normalized spacial score (nSPS) is 18.2. The van der Waals surface area contributed by atoms with Crippen LogP contribution in [-0.4, -0.2) is 35.0 Å². The van der Waals surface area contributed by atoms with Crippen molar-refractivity contribution < 1.29 is 14.0 Å². The van der Waals surface area contributed by atoms with E-state index in [4.69, 9.17) is 14.0 Å². The lowest BCUT2D eigenvalue weighted by Crippen LogP contribution is -2.00. The molecule has 1 atom stereocenters. The van der Waals surface area contributed by atoms with Gasteiger partial charge in [-0.15, -0.1) is 0 Å². The summed E-state index contributed by atoms with van der Waals surface area (Å²) in [5.74, 6) is 2.35. The van der Waals surface area contributed by atoms with Crippen LogP contribution in [0.15, 0.2) is 28.8 Å². The van der Waals surface area contributed by atoms with Gasteiger partial charge in [0.2, 0.25) is 0 Å². The maximum atomic E-state index is 5.46. The maximum Gasteiger partial charge on any atom is 0.274 e. The van der Waals surface area contributed by atoms with Crippen LogP contribution < -0.4 is 4.74 Å². The molecule has 114 valence electrons. The zero-order chi connectivity index (χ0) is 15.1. The van der Waals surface area contributed by atoms with E-state index in [0.717, 1.165) is 41.2 Å². The number of ether oxygens (including phenoxy) is 2. The monoisotopic (exact) mass is 299 g/mol. The van der Waals surface area contributed by atoms with Gasteiger partial charge in [-0.05, 0) is 30.7 Å². The summed E-state index contributed by atoms with van der Waals surface area (Å²) in [5, 5.41) is 5.20. The summed E-state index contributed by atoms with van der Waals surface area (Å²) in [5.41, 5.74) is 2.00. The third kappa shape index (κ3) is 2.07. The van der Waals surface area contributed by atoms with Crippen molar-refractivity contribution >= 4 is 10.9 Å². The SMILES string of the molecule is COc1ccc2c(c1)cc(-c1nc(C3CCOC3)no1)n2C. The van der Waals surface area contributed by atoms with Gasteiger partial charge in [-0.2, -0.15) is 4.98 Å². The van der Waals surface area contributed by atoms with E-state index in [1.54, 1.807) is 7.11 Å². The topological polar surface area (TPSA) is 62.3 Å². The lowest BCUT2D eigenvalue weighted by Gasteiger charge is -2.01. The predicted octanol–water partition coefficient (Wildman–Crippen LogP) is 2.74. The van der Waals surface area contributed by atoms with E-state index < -0.39 is 0 Å². The number of hydrogen-bond donors (Lipinski definition) is 0. The summed E-state index contributed by atoms with van der Waals surface area (Å²) >= 11 is 0. The lowest BCUT2D eigenvalue weighted by molar-refractivity contribution is 0.192. The zero-order valence-corrected chi connectivity index (χ0v) is 12.6. The molecular formula is C16H17N3O3. The summed E-state index contributed by atoms with van der Waals surface area (Å²) < 4.78 is 18.2. The van der Waals surface area contributed by atoms with Crippen LogP contribution >= 0.6 is 0 Å². The molecule has 1 aliphatic heterocycles. The Morgan fingerprint density at radius 2 is 2.23 bits per heavy atom. The molecule has 0 amide bonds. The Morgan fingerprint density at radius 3 is 3.00 bits per heavy atom. The van der Waals surface area contributed by atoms with Gasteiger partial charge in [0.05, 0.1) is 13.7 Å². The van der Waals surface area contributed by atoms with E-state index in [0.29, 0.717) is 12.5 Å². The largest absolute Gasteiger partial charge is 0.497 e. The number of nitrogens with zero attached hydrogens (tertiary/aromatic N) is 3. The highest BCUT2D eigenvalue weighted by Gasteiger charge is 2.24. The van der Waals surface area contributed by atoms with E-state index in [1.807, 2.05) is 31.3 Å². The van der Waals surface area contributed by atoms with E-state index in [-0.39, 0.29) is 5.92 Å². The molecule has 6 heteroatoms. The molecule has 1 saturated heterocycles. The van der Waals surface area contributed by atoms with Gasteiger partial charge in [0.25, 0.3) is 5.89 Å². The lowest BCUT2D eigenvalue weighted by atomic mass is 10.1. The van der Waals surface area contributed by atoms with Crippen molar-refractivity contribution in [2.24, 2.45) is 7.05 Å². The van der Waals surface area contributed by atoms with Gasteiger partial charge < -0.3 is 18.6 Å². The molecule has 0 spiro atoms. The van der Waals surface area contributed by atoms with Gasteiger partial charge >= 0.3 is 0 Å². The molecule has 1 fully saturated rings. The number of aromatic nitrogens is 3. The second kappa shape index (κ2) is 5.14. The van der Waals surface area contributed by atoms with Gasteiger partial charge in [-0.25, -0.2) is 0 Å². The molecule has 3 aromatic rings. The quantitative estimate of drug-likeness (QED) is 0.744. The third-order valence-corrected chi connectivity index (χ3v) is 4.21. The van der Waals surface area contributed by atoms with Crippen LogP contribution in [0.25, 0.3) is 22.5 Å². The molecule has 1 aliphatic rings. The molecule has 6 nitrogen and oxygen atoms in total. The fourth-order valence-corrected chi connectivity index (χ4v) is 2.90. The smallest absolute Gasteiger partial charge is 0.274 e. The maximum absolute atomic E-state index is 5.46. The summed E-state index contributed by atoms with van der Waals surface area (Å²) in [4.78, 5) is 4.55. The van der Waals surface area contributed by atoms with Crippen molar-refractivity contribution in [3.63, 3.8) is 0 Å². The van der Waals surface area contributed by atoms with E-state index in [1.165, 1.54) is 0 Å². The van der Waals surface area contributed by atoms with Crippen molar-refractivity contribution in [1.29, 1.82) is 0 Å². The Balaban J connectivity index is 1.75. The highest BCUT2D eigenvalue weighted by molar-refractivity contribution is 5.86. The van der Waals surface area contributed by atoms with Gasteiger partial charge in [0, 0.05) is 30.5 Å². The number of benzene rings is 1. The first-order valence-electron chi connectivity index (χ1n) is 7.31. The van der Waals surface area contributed by atoms with E-state index >= 15 is 0 Å². The Bertz CT molecular complexity index is 815. The van der Waals surface area contributed by atoms with Gasteiger partial charge in [-0.1, -0.05) is 5.16 Å². The van der Waals surface area contributed by atoms with Crippen molar-refractivity contribution in [3.05, 3.63) is 30.1 Å². The summed E-state index contributed by atoms with van der Waals surface area (Å²) in [6.07, 6.45) is 0.950. The molecule has 0 N–H and O–H groups in total. The number of aryl methyl sites for hydroxylation is 1. The molecule has 0 saturated carbocycles. The zero-order valence-electron chi connectivity index (χ0n) is 12.6. The third-order valence-electron chi connectivity index (χ3n) is 4.21. The van der Waals surface area contributed by atoms with Crippen molar-refractivity contribution in [2.75, 3.05) is 20.3 Å². The fourth-order valence-electron chi connectivity index (χ4n) is 2.90. The molecule has 1 unspecified atom stereocenters. The average Bonchev–Trinajstić information content (AvgIpc) is 3.26. The first kappa shape index (κ1) is 13.3. The minimum Gasteiger partial charge on any atom is -0.497 e. The van der Waals surface area contributed by atoms with E-state index in [2.05, 4.69) is 14.7 Å². The average molecular weight is 299 g/mol. The summed E-state index contributed by atoms with van der Waals surface area (Å²) in [7, 11) is 3.66. The molecule has 22 heavy (non-hydrogen) atoms. The molecule has 4 rings (SSSR count). The van der Waals surface area contributed by atoms with Crippen LogP contribution in [0, 0.1) is 0 Å². The molecule has 0 aliphatic carbocycles. The van der Waals surface area contributed by atoms with Gasteiger partial charge in [-0.3, -0.25) is 0 Å². The van der Waals surface area contributed by atoms with Crippen molar-refractivity contribution in [2.45, 2.75) is 12.3 Å². The second-order valence-electron chi connectivity index (χ2n) is 5.53. The van der Waals surface area contributed by atoms with Gasteiger partial charge in [0.1, 0.15) is 11.4 Å². The minimum absolute atomic E-state index is 0.243. The number of fused-ring (bicyclic) bond motifs is 1. The Labute approximate surface area is 127 Å².